The van der Waals surface area contributed by atoms with E-state index in [9.17, 15) is 35.9 Å². The SMILES string of the molecule is O=C(Oc1ccc(Oc2c(F)c(F)c(Oc3ccc(OC(=O)c4ccc(F)cc4)cc3)c(F)c2F)cc1)c1ccc(F)cc1. The van der Waals surface area contributed by atoms with Gasteiger partial charge in [0.2, 0.25) is 34.8 Å². The molecule has 222 valence electrons. The van der Waals surface area contributed by atoms with Crippen molar-refractivity contribution in [2.45, 2.75) is 0 Å². The lowest BCUT2D eigenvalue weighted by Crippen LogP contribution is -2.08. The van der Waals surface area contributed by atoms with Crippen LogP contribution in [0.2, 0.25) is 0 Å². The van der Waals surface area contributed by atoms with E-state index in [2.05, 4.69) is 0 Å². The molecule has 0 spiro atoms. The highest BCUT2D eigenvalue weighted by atomic mass is 19.2. The number of carbonyl (C=O) groups is 2. The lowest BCUT2D eigenvalue weighted by molar-refractivity contribution is 0.0725. The summed E-state index contributed by atoms with van der Waals surface area (Å²) in [6.45, 7) is 0. The van der Waals surface area contributed by atoms with E-state index in [4.69, 9.17) is 18.9 Å². The van der Waals surface area contributed by atoms with Gasteiger partial charge in [0.15, 0.2) is 0 Å². The summed E-state index contributed by atoms with van der Waals surface area (Å²) in [6, 6.07) is 18.4. The van der Waals surface area contributed by atoms with Gasteiger partial charge < -0.3 is 18.9 Å². The highest BCUT2D eigenvalue weighted by molar-refractivity contribution is 5.91. The molecule has 0 atom stereocenters. The van der Waals surface area contributed by atoms with Crippen molar-refractivity contribution in [3.8, 4) is 34.5 Å². The second-order valence-corrected chi connectivity index (χ2v) is 8.85. The Morgan fingerprint density at radius 3 is 0.955 bits per heavy atom. The van der Waals surface area contributed by atoms with E-state index in [0.717, 1.165) is 48.5 Å². The summed E-state index contributed by atoms with van der Waals surface area (Å²) in [7, 11) is 0. The summed E-state index contributed by atoms with van der Waals surface area (Å²) in [5, 5.41) is 0. The zero-order chi connectivity index (χ0) is 31.4. The third kappa shape index (κ3) is 6.65. The molecule has 6 nitrogen and oxygen atoms in total. The normalized spacial score (nSPS) is 10.7. The molecule has 0 N–H and O–H groups in total. The number of hydrogen-bond acceptors (Lipinski definition) is 6. The van der Waals surface area contributed by atoms with Crippen molar-refractivity contribution >= 4 is 11.9 Å². The van der Waals surface area contributed by atoms with E-state index in [1.54, 1.807) is 0 Å². The molecule has 0 saturated heterocycles. The molecule has 0 heterocycles. The van der Waals surface area contributed by atoms with Crippen molar-refractivity contribution in [2.24, 2.45) is 0 Å². The topological polar surface area (TPSA) is 71.1 Å². The van der Waals surface area contributed by atoms with Crippen molar-refractivity contribution in [2.75, 3.05) is 0 Å². The Hall–Kier alpha value is -5.78. The molecular formula is C32H16F6O6. The number of benzene rings is 5. The van der Waals surface area contributed by atoms with E-state index in [1.807, 2.05) is 0 Å². The van der Waals surface area contributed by atoms with Crippen molar-refractivity contribution in [1.29, 1.82) is 0 Å². The molecular weight excluding hydrogens is 594 g/mol. The Morgan fingerprint density at radius 2 is 0.659 bits per heavy atom. The van der Waals surface area contributed by atoms with Crippen LogP contribution in [0.4, 0.5) is 26.3 Å². The molecule has 0 amide bonds. The van der Waals surface area contributed by atoms with Crippen LogP contribution in [0.15, 0.2) is 97.1 Å². The molecule has 0 fully saturated rings. The van der Waals surface area contributed by atoms with E-state index in [0.29, 0.717) is 0 Å². The molecule has 0 radical (unpaired) electrons. The summed E-state index contributed by atoms with van der Waals surface area (Å²) < 4.78 is 106. The number of halogens is 6. The largest absolute Gasteiger partial charge is 0.451 e. The van der Waals surface area contributed by atoms with Gasteiger partial charge in [0.05, 0.1) is 11.1 Å². The average Bonchev–Trinajstić information content (AvgIpc) is 3.02. The molecule has 0 bridgehead atoms. The van der Waals surface area contributed by atoms with E-state index < -0.39 is 58.3 Å². The minimum absolute atomic E-state index is 0.00929. The molecule has 0 aliphatic carbocycles. The first-order chi connectivity index (χ1) is 21.1. The van der Waals surface area contributed by atoms with Crippen molar-refractivity contribution in [1.82, 2.24) is 0 Å². The molecule has 0 aliphatic rings. The van der Waals surface area contributed by atoms with Crippen LogP contribution in [0.1, 0.15) is 20.7 Å². The number of ether oxygens (including phenoxy) is 4. The minimum atomic E-state index is -1.89. The third-order valence-corrected chi connectivity index (χ3v) is 5.85. The van der Waals surface area contributed by atoms with Gasteiger partial charge in [0.1, 0.15) is 34.6 Å². The number of esters is 2. The summed E-state index contributed by atoms with van der Waals surface area (Å²) >= 11 is 0. The van der Waals surface area contributed by atoms with Gasteiger partial charge in [-0.05, 0) is 97.1 Å². The van der Waals surface area contributed by atoms with Crippen LogP contribution in [0, 0.1) is 34.9 Å². The smallest absolute Gasteiger partial charge is 0.343 e. The number of rotatable bonds is 8. The van der Waals surface area contributed by atoms with Gasteiger partial charge >= 0.3 is 11.9 Å². The van der Waals surface area contributed by atoms with Gasteiger partial charge in [-0.3, -0.25) is 0 Å². The molecule has 0 aliphatic heterocycles. The molecule has 0 saturated carbocycles. The zero-order valence-electron chi connectivity index (χ0n) is 22.0. The van der Waals surface area contributed by atoms with Crippen LogP contribution in [0.5, 0.6) is 34.5 Å². The van der Waals surface area contributed by atoms with Gasteiger partial charge in [-0.25, -0.2) is 18.4 Å². The fraction of sp³-hybridized carbons (Fsp3) is 0. The summed E-state index contributed by atoms with van der Waals surface area (Å²) in [4.78, 5) is 24.3. The van der Waals surface area contributed by atoms with Crippen LogP contribution in [0.3, 0.4) is 0 Å². The van der Waals surface area contributed by atoms with Crippen molar-refractivity contribution in [3.05, 3.63) is 143 Å². The second kappa shape index (κ2) is 12.6. The second-order valence-electron chi connectivity index (χ2n) is 8.85. The van der Waals surface area contributed by atoms with Crippen LogP contribution in [-0.4, -0.2) is 11.9 Å². The molecule has 5 rings (SSSR count). The first-order valence-electron chi connectivity index (χ1n) is 12.5. The predicted octanol–water partition coefficient (Wildman–Crippen LogP) is 8.54. The van der Waals surface area contributed by atoms with E-state index in [-0.39, 0.29) is 34.1 Å². The lowest BCUT2D eigenvalue weighted by atomic mass is 10.2. The Bertz CT molecular complexity index is 1660. The zero-order valence-corrected chi connectivity index (χ0v) is 22.0. The fourth-order valence-corrected chi connectivity index (χ4v) is 3.66. The van der Waals surface area contributed by atoms with E-state index in [1.165, 1.54) is 48.5 Å². The molecule has 12 heteroatoms. The van der Waals surface area contributed by atoms with Crippen LogP contribution in [0.25, 0.3) is 0 Å². The third-order valence-electron chi connectivity index (χ3n) is 5.85. The van der Waals surface area contributed by atoms with Gasteiger partial charge in [-0.15, -0.1) is 0 Å². The predicted molar refractivity (Wildman–Crippen MR) is 142 cm³/mol. The monoisotopic (exact) mass is 610 g/mol. The molecule has 5 aromatic rings. The van der Waals surface area contributed by atoms with Gasteiger partial charge in [0.25, 0.3) is 0 Å². The first kappa shape index (κ1) is 29.7. The summed E-state index contributed by atoms with van der Waals surface area (Å²) in [5.41, 5.74) is 0.121. The Balaban J connectivity index is 1.26. The highest BCUT2D eigenvalue weighted by Crippen LogP contribution is 2.39. The average molecular weight is 610 g/mol. The quantitative estimate of drug-likeness (QED) is 0.0759. The van der Waals surface area contributed by atoms with Crippen molar-refractivity contribution in [3.63, 3.8) is 0 Å². The summed E-state index contributed by atoms with van der Waals surface area (Å²) in [5.74, 6) is -13.6. The maximum atomic E-state index is 14.8. The van der Waals surface area contributed by atoms with Crippen molar-refractivity contribution < 1.29 is 54.9 Å². The Morgan fingerprint density at radius 1 is 0.386 bits per heavy atom. The highest BCUT2D eigenvalue weighted by Gasteiger charge is 2.29. The van der Waals surface area contributed by atoms with Gasteiger partial charge in [-0.1, -0.05) is 0 Å². The molecule has 44 heavy (non-hydrogen) atoms. The number of carbonyl (C=O) groups excluding carboxylic acids is 2. The molecule has 0 unspecified atom stereocenters. The minimum Gasteiger partial charge on any atom is -0.451 e. The standard InChI is InChI=1S/C32H16F6O6/c33-19-5-1-17(2-6-19)31(39)43-23-13-9-21(10-14-23)41-29-25(35)27(37)30(28(38)26(29)36)42-22-11-15-24(16-12-22)44-32(40)18-3-7-20(34)8-4-18/h1-16H. The lowest BCUT2D eigenvalue weighted by Gasteiger charge is -2.14. The van der Waals surface area contributed by atoms with Crippen LogP contribution < -0.4 is 18.9 Å². The Labute approximate surface area is 244 Å². The van der Waals surface area contributed by atoms with Gasteiger partial charge in [-0.2, -0.15) is 17.6 Å². The number of hydrogen-bond donors (Lipinski definition) is 0. The van der Waals surface area contributed by atoms with Gasteiger partial charge in [0, 0.05) is 0 Å². The summed E-state index contributed by atoms with van der Waals surface area (Å²) in [6.07, 6.45) is 0. The van der Waals surface area contributed by atoms with Crippen LogP contribution >= 0.6 is 0 Å². The fourth-order valence-electron chi connectivity index (χ4n) is 3.66. The first-order valence-corrected chi connectivity index (χ1v) is 12.5. The molecule has 0 aromatic heterocycles. The van der Waals surface area contributed by atoms with E-state index >= 15 is 0 Å². The van der Waals surface area contributed by atoms with Crippen LogP contribution in [-0.2, 0) is 0 Å². The Kier molecular flexibility index (Phi) is 8.51. The maximum Gasteiger partial charge on any atom is 0.343 e. The molecule has 5 aromatic carbocycles. The maximum absolute atomic E-state index is 14.8.